The van der Waals surface area contributed by atoms with Crippen LogP contribution in [0, 0.1) is 0 Å². The third-order valence-corrected chi connectivity index (χ3v) is 2.61. The van der Waals surface area contributed by atoms with Crippen molar-refractivity contribution >= 4 is 47.6 Å². The zero-order chi connectivity index (χ0) is 14.3. The van der Waals surface area contributed by atoms with Crippen LogP contribution in [0.5, 0.6) is 0 Å². The fraction of sp³-hybridized carbons (Fsp3) is 0.200. The molecule has 21 heavy (non-hydrogen) atoms. The van der Waals surface area contributed by atoms with E-state index in [0.29, 0.717) is 0 Å². The Hall–Kier alpha value is -1.78. The summed E-state index contributed by atoms with van der Waals surface area (Å²) in [7, 11) is 5.89. The average Bonchev–Trinajstić information content (AvgIpc) is 2.41. The zero-order valence-electron chi connectivity index (χ0n) is 12.5. The maximum atomic E-state index is 5.51. The molecule has 0 amide bonds. The topological polar surface area (TPSA) is 67.3 Å². The number of nitrogens with one attached hydrogen (secondary N) is 1. The van der Waals surface area contributed by atoms with Gasteiger partial charge in [0.2, 0.25) is 0 Å². The van der Waals surface area contributed by atoms with Crippen LogP contribution < -0.4 is 21.7 Å². The van der Waals surface area contributed by atoms with E-state index in [2.05, 4.69) is 5.32 Å². The largest absolute Gasteiger partial charge is 0.399 e. The summed E-state index contributed by atoms with van der Waals surface area (Å²) in [4.78, 5) is 2.04. The molecule has 0 atom stereocenters. The molecule has 2 aromatic carbocycles. The molecular formula is C15H24Cl2N4. The highest BCUT2D eigenvalue weighted by Gasteiger charge is 1.91. The van der Waals surface area contributed by atoms with Gasteiger partial charge in [0.25, 0.3) is 0 Å². The molecule has 5 N–H and O–H groups in total. The minimum absolute atomic E-state index is 0. The molecule has 6 heteroatoms. The van der Waals surface area contributed by atoms with Crippen LogP contribution in [0.1, 0.15) is 0 Å². The quantitative estimate of drug-likeness (QED) is 0.737. The van der Waals surface area contributed by atoms with Gasteiger partial charge in [0.15, 0.2) is 0 Å². The number of hydrogen-bond acceptors (Lipinski definition) is 4. The van der Waals surface area contributed by atoms with Crippen LogP contribution in [0.4, 0.5) is 22.7 Å². The summed E-state index contributed by atoms with van der Waals surface area (Å²) in [6.45, 7) is 0. The van der Waals surface area contributed by atoms with Crippen LogP contribution in [0.2, 0.25) is 0 Å². The molecule has 0 heterocycles. The normalized spacial score (nSPS) is 8.33. The lowest BCUT2D eigenvalue weighted by Crippen LogP contribution is -2.08. The summed E-state index contributed by atoms with van der Waals surface area (Å²) in [5.41, 5.74) is 14.8. The maximum absolute atomic E-state index is 5.51. The highest BCUT2D eigenvalue weighted by atomic mass is 35.5. The van der Waals surface area contributed by atoms with E-state index in [9.17, 15) is 0 Å². The smallest absolute Gasteiger partial charge is 0.0362 e. The van der Waals surface area contributed by atoms with Crippen molar-refractivity contribution < 1.29 is 0 Å². The van der Waals surface area contributed by atoms with Gasteiger partial charge in [-0.25, -0.2) is 0 Å². The van der Waals surface area contributed by atoms with Crippen molar-refractivity contribution in [2.45, 2.75) is 0 Å². The molecule has 0 radical (unpaired) electrons. The van der Waals surface area contributed by atoms with Crippen molar-refractivity contribution in [2.75, 3.05) is 42.8 Å². The molecule has 0 saturated carbocycles. The number of hydrogen-bond donors (Lipinski definition) is 3. The fourth-order valence-electron chi connectivity index (χ4n) is 1.42. The zero-order valence-corrected chi connectivity index (χ0v) is 14.2. The molecule has 4 nitrogen and oxygen atoms in total. The molecule has 0 aliphatic carbocycles. The second-order valence-corrected chi connectivity index (χ2v) is 4.36. The van der Waals surface area contributed by atoms with Crippen LogP contribution in [0.25, 0.3) is 0 Å². The predicted molar refractivity (Wildman–Crippen MR) is 100 cm³/mol. The van der Waals surface area contributed by atoms with Crippen molar-refractivity contribution in [1.82, 2.24) is 0 Å². The summed E-state index contributed by atoms with van der Waals surface area (Å²) in [6, 6.07) is 15.4. The lowest BCUT2D eigenvalue weighted by Gasteiger charge is -2.11. The second kappa shape index (κ2) is 10.9. The van der Waals surface area contributed by atoms with Gasteiger partial charge in [-0.1, -0.05) is 0 Å². The van der Waals surface area contributed by atoms with Gasteiger partial charge in [-0.15, -0.1) is 24.8 Å². The summed E-state index contributed by atoms with van der Waals surface area (Å²) < 4.78 is 0. The van der Waals surface area contributed by atoms with Crippen LogP contribution in [-0.4, -0.2) is 21.1 Å². The lowest BCUT2D eigenvalue weighted by molar-refractivity contribution is 1.13. The van der Waals surface area contributed by atoms with Gasteiger partial charge in [-0.3, -0.25) is 0 Å². The van der Waals surface area contributed by atoms with Crippen molar-refractivity contribution in [3.05, 3.63) is 48.5 Å². The summed E-state index contributed by atoms with van der Waals surface area (Å²) >= 11 is 0. The van der Waals surface area contributed by atoms with Gasteiger partial charge in [0.1, 0.15) is 0 Å². The van der Waals surface area contributed by atoms with E-state index in [1.807, 2.05) is 74.6 Å². The molecule has 2 rings (SSSR count). The first-order valence-electron chi connectivity index (χ1n) is 6.09. The lowest BCUT2D eigenvalue weighted by atomic mass is 10.3. The third-order valence-electron chi connectivity index (χ3n) is 2.61. The van der Waals surface area contributed by atoms with Gasteiger partial charge in [-0.05, 0) is 48.5 Å². The number of nitrogen functional groups attached to an aromatic ring is 2. The number of nitrogens with two attached hydrogens (primary N) is 2. The molecule has 0 aliphatic heterocycles. The van der Waals surface area contributed by atoms with E-state index in [1.54, 1.807) is 0 Å². The predicted octanol–water partition coefficient (Wildman–Crippen LogP) is 3.49. The van der Waals surface area contributed by atoms with Gasteiger partial charge in [0.05, 0.1) is 0 Å². The van der Waals surface area contributed by atoms with E-state index in [0.717, 1.165) is 17.1 Å². The Kier molecular flexibility index (Phi) is 11.2. The monoisotopic (exact) mass is 330 g/mol. The maximum Gasteiger partial charge on any atom is 0.0362 e. The first kappa shape index (κ1) is 21.5. The standard InChI is InChI=1S/C8H12N2.C7H10N2.2ClH/c1-10(2)8-5-3-7(9)4-6-8;1-9-7-4-2-6(8)3-5-7;;/h3-6H,9H2,1-2H3;2-5,9H,8H2,1H3;2*1H. The Labute approximate surface area is 139 Å². The van der Waals surface area contributed by atoms with E-state index >= 15 is 0 Å². The van der Waals surface area contributed by atoms with Gasteiger partial charge in [-0.2, -0.15) is 0 Å². The third kappa shape index (κ3) is 8.17. The van der Waals surface area contributed by atoms with Crippen molar-refractivity contribution in [3.63, 3.8) is 0 Å². The number of nitrogens with zero attached hydrogens (tertiary/aromatic N) is 1. The minimum Gasteiger partial charge on any atom is -0.399 e. The van der Waals surface area contributed by atoms with E-state index < -0.39 is 0 Å². The van der Waals surface area contributed by atoms with Gasteiger partial charge >= 0.3 is 0 Å². The van der Waals surface area contributed by atoms with Crippen LogP contribution in [0.15, 0.2) is 48.5 Å². The fourth-order valence-corrected chi connectivity index (χ4v) is 1.42. The minimum atomic E-state index is 0. The van der Waals surface area contributed by atoms with Crippen molar-refractivity contribution in [3.8, 4) is 0 Å². The van der Waals surface area contributed by atoms with E-state index in [-0.39, 0.29) is 24.8 Å². The van der Waals surface area contributed by atoms with Crippen LogP contribution >= 0.6 is 24.8 Å². The Morgan fingerprint density at radius 3 is 1.48 bits per heavy atom. The molecule has 0 fully saturated rings. The molecule has 0 saturated heterocycles. The first-order valence-corrected chi connectivity index (χ1v) is 6.09. The Morgan fingerprint density at radius 2 is 1.14 bits per heavy atom. The van der Waals surface area contributed by atoms with Crippen LogP contribution in [0.3, 0.4) is 0 Å². The van der Waals surface area contributed by atoms with Crippen molar-refractivity contribution in [2.24, 2.45) is 0 Å². The molecular weight excluding hydrogens is 307 g/mol. The Bertz CT molecular complexity index is 484. The van der Waals surface area contributed by atoms with Gasteiger partial charge in [0, 0.05) is 43.9 Å². The molecule has 0 aliphatic rings. The molecule has 118 valence electrons. The molecule has 2 aromatic rings. The molecule has 0 aromatic heterocycles. The summed E-state index contributed by atoms with van der Waals surface area (Å²) in [5.74, 6) is 0. The highest BCUT2D eigenvalue weighted by Crippen LogP contribution is 2.12. The number of benzene rings is 2. The SMILES string of the molecule is CN(C)c1ccc(N)cc1.CNc1ccc(N)cc1.Cl.Cl. The van der Waals surface area contributed by atoms with Gasteiger partial charge < -0.3 is 21.7 Å². The highest BCUT2D eigenvalue weighted by molar-refractivity contribution is 5.85. The Morgan fingerprint density at radius 1 is 0.762 bits per heavy atom. The number of halogens is 2. The average molecular weight is 331 g/mol. The second-order valence-electron chi connectivity index (χ2n) is 4.36. The number of anilines is 4. The van der Waals surface area contributed by atoms with Crippen molar-refractivity contribution in [1.29, 1.82) is 0 Å². The first-order chi connectivity index (χ1) is 9.02. The van der Waals surface area contributed by atoms with E-state index in [4.69, 9.17) is 11.5 Å². The molecule has 0 bridgehead atoms. The number of rotatable bonds is 2. The molecule has 0 spiro atoms. The molecule has 0 unspecified atom stereocenters. The van der Waals surface area contributed by atoms with Crippen LogP contribution in [-0.2, 0) is 0 Å². The van der Waals surface area contributed by atoms with E-state index in [1.165, 1.54) is 5.69 Å². The summed E-state index contributed by atoms with van der Waals surface area (Å²) in [6.07, 6.45) is 0. The Balaban J connectivity index is 0. The summed E-state index contributed by atoms with van der Waals surface area (Å²) in [5, 5.41) is 3.00.